The van der Waals surface area contributed by atoms with Crippen molar-refractivity contribution in [2.45, 2.75) is 13.3 Å². The maximum Gasteiger partial charge on any atom is 0.249 e. The molecule has 0 radical (unpaired) electrons. The first-order valence-electron chi connectivity index (χ1n) is 6.41. The SMILES string of the molecule is CCCNc1cccc2c(/C=C(\O)C=O)cc(=O)[nH]c12. The van der Waals surface area contributed by atoms with Crippen LogP contribution in [0, 0.1) is 0 Å². The Balaban J connectivity index is 2.66. The summed E-state index contributed by atoms with van der Waals surface area (Å²) in [7, 11) is 0. The molecule has 1 heterocycles. The van der Waals surface area contributed by atoms with Gasteiger partial charge in [-0.15, -0.1) is 0 Å². The van der Waals surface area contributed by atoms with Crippen molar-refractivity contribution in [3.63, 3.8) is 0 Å². The first kappa shape index (κ1) is 13.9. The Labute approximate surface area is 115 Å². The van der Waals surface area contributed by atoms with Gasteiger partial charge in [0.1, 0.15) is 0 Å². The van der Waals surface area contributed by atoms with Crippen LogP contribution in [-0.2, 0) is 4.79 Å². The molecule has 5 heteroatoms. The van der Waals surface area contributed by atoms with Gasteiger partial charge in [-0.2, -0.15) is 0 Å². The van der Waals surface area contributed by atoms with Crippen LogP contribution in [0.5, 0.6) is 0 Å². The summed E-state index contributed by atoms with van der Waals surface area (Å²) in [6, 6.07) is 6.91. The normalized spacial score (nSPS) is 11.6. The topological polar surface area (TPSA) is 82.2 Å². The number of pyridine rings is 1. The minimum absolute atomic E-state index is 0.284. The van der Waals surface area contributed by atoms with Gasteiger partial charge in [0.15, 0.2) is 12.0 Å². The van der Waals surface area contributed by atoms with Crippen LogP contribution in [0.3, 0.4) is 0 Å². The van der Waals surface area contributed by atoms with E-state index < -0.39 is 5.76 Å². The zero-order chi connectivity index (χ0) is 14.5. The van der Waals surface area contributed by atoms with Crippen molar-refractivity contribution in [1.82, 2.24) is 4.98 Å². The lowest BCUT2D eigenvalue weighted by molar-refractivity contribution is -0.106. The van der Waals surface area contributed by atoms with E-state index in [0.29, 0.717) is 17.4 Å². The molecule has 5 nitrogen and oxygen atoms in total. The second-order valence-corrected chi connectivity index (χ2v) is 4.43. The van der Waals surface area contributed by atoms with Crippen molar-refractivity contribution >= 4 is 29.0 Å². The molecule has 0 saturated carbocycles. The summed E-state index contributed by atoms with van der Waals surface area (Å²) in [4.78, 5) is 25.0. The first-order chi connectivity index (χ1) is 9.65. The van der Waals surface area contributed by atoms with E-state index in [2.05, 4.69) is 17.2 Å². The van der Waals surface area contributed by atoms with Crippen LogP contribution in [0.1, 0.15) is 18.9 Å². The number of allylic oxidation sites excluding steroid dienone is 1. The van der Waals surface area contributed by atoms with Gasteiger partial charge in [-0.25, -0.2) is 0 Å². The quantitative estimate of drug-likeness (QED) is 0.443. The maximum atomic E-state index is 11.7. The molecule has 0 fully saturated rings. The van der Waals surface area contributed by atoms with E-state index in [9.17, 15) is 14.7 Å². The van der Waals surface area contributed by atoms with Crippen molar-refractivity contribution < 1.29 is 9.90 Å². The number of aliphatic hydroxyl groups is 1. The fourth-order valence-electron chi connectivity index (χ4n) is 2.03. The predicted molar refractivity (Wildman–Crippen MR) is 80.0 cm³/mol. The van der Waals surface area contributed by atoms with E-state index in [4.69, 9.17) is 0 Å². The average Bonchev–Trinajstić information content (AvgIpc) is 2.45. The minimum Gasteiger partial charge on any atom is -0.505 e. The Morgan fingerprint density at radius 2 is 2.25 bits per heavy atom. The summed E-state index contributed by atoms with van der Waals surface area (Å²) in [5, 5.41) is 13.3. The summed E-state index contributed by atoms with van der Waals surface area (Å²) in [5.41, 5.74) is 1.71. The smallest absolute Gasteiger partial charge is 0.249 e. The van der Waals surface area contributed by atoms with Crippen molar-refractivity contribution in [3.8, 4) is 0 Å². The molecule has 0 aliphatic rings. The minimum atomic E-state index is -0.413. The van der Waals surface area contributed by atoms with Crippen molar-refractivity contribution in [2.24, 2.45) is 0 Å². The third kappa shape index (κ3) is 2.88. The number of H-pyrrole nitrogens is 1. The number of fused-ring (bicyclic) bond motifs is 1. The van der Waals surface area contributed by atoms with E-state index in [1.165, 1.54) is 12.1 Å². The Hall–Kier alpha value is -2.56. The van der Waals surface area contributed by atoms with E-state index in [1.807, 2.05) is 18.2 Å². The third-order valence-corrected chi connectivity index (χ3v) is 2.90. The molecule has 1 aromatic heterocycles. The maximum absolute atomic E-state index is 11.7. The molecule has 0 saturated heterocycles. The number of hydrogen-bond acceptors (Lipinski definition) is 4. The van der Waals surface area contributed by atoms with E-state index in [1.54, 1.807) is 0 Å². The number of carbonyl (C=O) groups is 1. The number of benzene rings is 1. The molecule has 0 spiro atoms. The molecule has 0 bridgehead atoms. The number of aromatic amines is 1. The monoisotopic (exact) mass is 272 g/mol. The molecule has 20 heavy (non-hydrogen) atoms. The number of aliphatic hydroxyl groups excluding tert-OH is 1. The summed E-state index contributed by atoms with van der Waals surface area (Å²) >= 11 is 0. The van der Waals surface area contributed by atoms with Gasteiger partial charge in [-0.1, -0.05) is 19.1 Å². The van der Waals surface area contributed by atoms with Crippen LogP contribution < -0.4 is 10.9 Å². The number of para-hydroxylation sites is 1. The van der Waals surface area contributed by atoms with Crippen molar-refractivity contribution in [2.75, 3.05) is 11.9 Å². The zero-order valence-electron chi connectivity index (χ0n) is 11.1. The molecule has 0 aliphatic heterocycles. The second-order valence-electron chi connectivity index (χ2n) is 4.43. The van der Waals surface area contributed by atoms with Gasteiger partial charge in [0.25, 0.3) is 0 Å². The van der Waals surface area contributed by atoms with Crippen LogP contribution in [0.4, 0.5) is 5.69 Å². The Bertz CT molecular complexity index is 717. The Morgan fingerprint density at radius 1 is 1.45 bits per heavy atom. The molecule has 2 rings (SSSR count). The number of nitrogens with one attached hydrogen (secondary N) is 2. The van der Waals surface area contributed by atoms with Gasteiger partial charge in [0.05, 0.1) is 11.2 Å². The van der Waals surface area contributed by atoms with E-state index in [0.717, 1.165) is 24.0 Å². The highest BCUT2D eigenvalue weighted by Gasteiger charge is 2.06. The largest absolute Gasteiger partial charge is 0.505 e. The Morgan fingerprint density at radius 3 is 2.95 bits per heavy atom. The van der Waals surface area contributed by atoms with Gasteiger partial charge in [0, 0.05) is 18.0 Å². The number of carbonyl (C=O) groups excluding carboxylic acids is 1. The molecule has 3 N–H and O–H groups in total. The predicted octanol–water partition coefficient (Wildman–Crippen LogP) is 2.45. The molecular formula is C15H16N2O3. The number of rotatable bonds is 5. The van der Waals surface area contributed by atoms with Crippen LogP contribution in [0.2, 0.25) is 0 Å². The van der Waals surface area contributed by atoms with Gasteiger partial charge < -0.3 is 15.4 Å². The molecule has 0 unspecified atom stereocenters. The lowest BCUT2D eigenvalue weighted by Crippen LogP contribution is -2.08. The van der Waals surface area contributed by atoms with Gasteiger partial charge in [-0.3, -0.25) is 9.59 Å². The number of aldehydes is 1. The van der Waals surface area contributed by atoms with Crippen LogP contribution in [0.15, 0.2) is 34.8 Å². The lowest BCUT2D eigenvalue weighted by Gasteiger charge is -2.10. The van der Waals surface area contributed by atoms with Crippen LogP contribution in [-0.4, -0.2) is 22.9 Å². The molecule has 0 atom stereocenters. The fourth-order valence-corrected chi connectivity index (χ4v) is 2.03. The molecule has 104 valence electrons. The van der Waals surface area contributed by atoms with E-state index >= 15 is 0 Å². The van der Waals surface area contributed by atoms with Crippen LogP contribution in [0.25, 0.3) is 17.0 Å². The third-order valence-electron chi connectivity index (χ3n) is 2.90. The number of aromatic nitrogens is 1. The van der Waals surface area contributed by atoms with Crippen molar-refractivity contribution in [3.05, 3.63) is 45.9 Å². The van der Waals surface area contributed by atoms with E-state index in [-0.39, 0.29) is 5.56 Å². The highest BCUT2D eigenvalue weighted by Crippen LogP contribution is 2.24. The van der Waals surface area contributed by atoms with Crippen molar-refractivity contribution in [1.29, 1.82) is 0 Å². The molecule has 2 aromatic rings. The number of hydrogen-bond donors (Lipinski definition) is 3. The first-order valence-corrected chi connectivity index (χ1v) is 6.41. The average molecular weight is 272 g/mol. The standard InChI is InChI=1S/C15H16N2O3/c1-2-6-16-13-5-3-4-12-10(7-11(19)9-18)8-14(20)17-15(12)13/h3-5,7-9,16,19H,2,6H2,1H3,(H,17,20)/b11-7-. The fraction of sp³-hybridized carbons (Fsp3) is 0.200. The van der Waals surface area contributed by atoms with Gasteiger partial charge in [0.2, 0.25) is 5.56 Å². The molecule has 0 amide bonds. The van der Waals surface area contributed by atoms with Gasteiger partial charge in [-0.05, 0) is 24.1 Å². The summed E-state index contributed by atoms with van der Waals surface area (Å²) < 4.78 is 0. The van der Waals surface area contributed by atoms with Gasteiger partial charge >= 0.3 is 0 Å². The summed E-state index contributed by atoms with van der Waals surface area (Å²) in [6.45, 7) is 2.85. The second kappa shape index (κ2) is 6.06. The highest BCUT2D eigenvalue weighted by molar-refractivity contribution is 5.97. The summed E-state index contributed by atoms with van der Waals surface area (Å²) in [6.07, 6.45) is 2.59. The molecule has 1 aromatic carbocycles. The number of anilines is 1. The zero-order valence-corrected chi connectivity index (χ0v) is 11.1. The highest BCUT2D eigenvalue weighted by atomic mass is 16.3. The van der Waals surface area contributed by atoms with Crippen LogP contribution >= 0.6 is 0 Å². The molecular weight excluding hydrogens is 256 g/mol. The molecule has 0 aliphatic carbocycles. The lowest BCUT2D eigenvalue weighted by atomic mass is 10.1. The Kier molecular flexibility index (Phi) is 4.20. The summed E-state index contributed by atoms with van der Waals surface area (Å²) in [5.74, 6) is -0.413.